The third-order valence-corrected chi connectivity index (χ3v) is 3.94. The van der Waals surface area contributed by atoms with Crippen LogP contribution in [0.2, 0.25) is 5.02 Å². The first-order valence-corrected chi connectivity index (χ1v) is 8.01. The molecule has 1 saturated heterocycles. The van der Waals surface area contributed by atoms with Crippen LogP contribution in [0.3, 0.4) is 0 Å². The van der Waals surface area contributed by atoms with Crippen molar-refractivity contribution >= 4 is 17.5 Å². The zero-order valence-corrected chi connectivity index (χ0v) is 13.8. The molecular formula is C16H23ClN2O3. The molecule has 0 bridgehead atoms. The molecule has 1 amide bonds. The number of benzene rings is 1. The topological polar surface area (TPSA) is 59.6 Å². The molecule has 1 aliphatic rings. The molecule has 1 unspecified atom stereocenters. The van der Waals surface area contributed by atoms with Gasteiger partial charge in [-0.05, 0) is 44.0 Å². The van der Waals surface area contributed by atoms with Gasteiger partial charge in [-0.3, -0.25) is 4.79 Å². The van der Waals surface area contributed by atoms with E-state index in [0.717, 1.165) is 24.9 Å². The van der Waals surface area contributed by atoms with E-state index in [2.05, 4.69) is 10.6 Å². The van der Waals surface area contributed by atoms with Gasteiger partial charge in [0.2, 0.25) is 5.91 Å². The van der Waals surface area contributed by atoms with Crippen molar-refractivity contribution in [3.8, 4) is 11.5 Å². The van der Waals surface area contributed by atoms with Gasteiger partial charge in [0.05, 0.1) is 18.7 Å². The van der Waals surface area contributed by atoms with Crippen LogP contribution in [0.15, 0.2) is 12.1 Å². The summed E-state index contributed by atoms with van der Waals surface area (Å²) in [6, 6.07) is 3.94. The third kappa shape index (κ3) is 4.52. The molecular weight excluding hydrogens is 304 g/mol. The average molecular weight is 327 g/mol. The number of amides is 1. The normalized spacial score (nSPS) is 17.3. The quantitative estimate of drug-likeness (QED) is 0.808. The number of hydrogen-bond donors (Lipinski definition) is 2. The molecule has 1 aromatic rings. The van der Waals surface area contributed by atoms with Gasteiger partial charge in [0.25, 0.3) is 0 Å². The summed E-state index contributed by atoms with van der Waals surface area (Å²) in [5.74, 6) is 1.16. The van der Waals surface area contributed by atoms with Crippen LogP contribution in [-0.4, -0.2) is 32.2 Å². The van der Waals surface area contributed by atoms with Gasteiger partial charge in [0.15, 0.2) is 11.5 Å². The second kappa shape index (κ2) is 8.25. The van der Waals surface area contributed by atoms with E-state index in [-0.39, 0.29) is 5.91 Å². The van der Waals surface area contributed by atoms with Crippen molar-refractivity contribution in [1.29, 1.82) is 0 Å². The highest BCUT2D eigenvalue weighted by Gasteiger charge is 2.18. The Morgan fingerprint density at radius 1 is 1.50 bits per heavy atom. The van der Waals surface area contributed by atoms with Gasteiger partial charge in [-0.1, -0.05) is 11.6 Å². The van der Waals surface area contributed by atoms with Crippen LogP contribution < -0.4 is 20.1 Å². The van der Waals surface area contributed by atoms with Crippen molar-refractivity contribution < 1.29 is 14.3 Å². The first-order valence-electron chi connectivity index (χ1n) is 7.63. The van der Waals surface area contributed by atoms with Crippen molar-refractivity contribution in [1.82, 2.24) is 10.6 Å². The molecule has 22 heavy (non-hydrogen) atoms. The lowest BCUT2D eigenvalue weighted by Crippen LogP contribution is -2.31. The van der Waals surface area contributed by atoms with Gasteiger partial charge in [-0.2, -0.15) is 0 Å². The molecule has 0 aromatic heterocycles. The summed E-state index contributed by atoms with van der Waals surface area (Å²) in [6.07, 6.45) is 2.72. The Hall–Kier alpha value is -1.46. The molecule has 1 aliphatic heterocycles. The molecule has 122 valence electrons. The number of hydrogen-bond acceptors (Lipinski definition) is 4. The fourth-order valence-corrected chi connectivity index (χ4v) is 2.88. The molecule has 0 radical (unpaired) electrons. The molecule has 0 saturated carbocycles. The average Bonchev–Trinajstić information content (AvgIpc) is 3.00. The Bertz CT molecular complexity index is 516. The highest BCUT2D eigenvalue weighted by molar-refractivity contribution is 6.32. The third-order valence-electron chi connectivity index (χ3n) is 3.66. The van der Waals surface area contributed by atoms with E-state index in [1.165, 1.54) is 0 Å². The Balaban J connectivity index is 1.94. The second-order valence-corrected chi connectivity index (χ2v) is 5.72. The Labute approximate surface area is 136 Å². The molecule has 1 fully saturated rings. The van der Waals surface area contributed by atoms with E-state index in [4.69, 9.17) is 21.1 Å². The maximum absolute atomic E-state index is 11.9. The minimum Gasteiger partial charge on any atom is -0.493 e. The fourth-order valence-electron chi connectivity index (χ4n) is 2.59. The highest BCUT2D eigenvalue weighted by Crippen LogP contribution is 2.36. The second-order valence-electron chi connectivity index (χ2n) is 5.32. The molecule has 2 N–H and O–H groups in total. The van der Waals surface area contributed by atoms with Crippen LogP contribution in [0.5, 0.6) is 11.5 Å². The van der Waals surface area contributed by atoms with Crippen LogP contribution >= 0.6 is 11.6 Å². The maximum Gasteiger partial charge on any atom is 0.221 e. The smallest absolute Gasteiger partial charge is 0.221 e. The lowest BCUT2D eigenvalue weighted by atomic mass is 10.1. The largest absolute Gasteiger partial charge is 0.493 e. The molecule has 0 spiro atoms. The number of ether oxygens (including phenoxy) is 2. The summed E-state index contributed by atoms with van der Waals surface area (Å²) in [7, 11) is 1.57. The fraction of sp³-hybridized carbons (Fsp3) is 0.562. The number of methoxy groups -OCH3 is 1. The molecule has 5 nitrogen and oxygen atoms in total. The van der Waals surface area contributed by atoms with Crippen molar-refractivity contribution in [2.24, 2.45) is 0 Å². The summed E-state index contributed by atoms with van der Waals surface area (Å²) >= 11 is 6.22. The number of rotatable bonds is 7. The predicted octanol–water partition coefficient (Wildman–Crippen LogP) is 2.51. The van der Waals surface area contributed by atoms with Crippen LogP contribution in [0, 0.1) is 0 Å². The lowest BCUT2D eigenvalue weighted by molar-refractivity contribution is -0.121. The summed E-state index contributed by atoms with van der Waals surface area (Å²) in [5, 5.41) is 6.73. The number of nitrogens with one attached hydrogen (secondary N) is 2. The number of carbonyl (C=O) groups excluding carboxylic acids is 1. The van der Waals surface area contributed by atoms with Gasteiger partial charge >= 0.3 is 0 Å². The van der Waals surface area contributed by atoms with E-state index in [0.29, 0.717) is 42.1 Å². The van der Waals surface area contributed by atoms with Gasteiger partial charge in [-0.15, -0.1) is 0 Å². The molecule has 2 rings (SSSR count). The number of carbonyl (C=O) groups is 1. The first-order chi connectivity index (χ1) is 10.6. The van der Waals surface area contributed by atoms with Gasteiger partial charge in [0, 0.05) is 19.0 Å². The monoisotopic (exact) mass is 326 g/mol. The van der Waals surface area contributed by atoms with E-state index >= 15 is 0 Å². The zero-order valence-electron chi connectivity index (χ0n) is 13.1. The summed E-state index contributed by atoms with van der Waals surface area (Å²) < 4.78 is 10.8. The Kier molecular flexibility index (Phi) is 6.34. The summed E-state index contributed by atoms with van der Waals surface area (Å²) in [6.45, 7) is 3.83. The standard InChI is InChI=1S/C16H23ClN2O3/c1-3-22-16-13(17)7-11(8-14(16)21-2)10-19-15(20)9-12-5-4-6-18-12/h7-8,12,18H,3-6,9-10H2,1-2H3,(H,19,20). The Morgan fingerprint density at radius 2 is 2.32 bits per heavy atom. The zero-order chi connectivity index (χ0) is 15.9. The molecule has 0 aliphatic carbocycles. The van der Waals surface area contributed by atoms with E-state index < -0.39 is 0 Å². The molecule has 1 aromatic carbocycles. The maximum atomic E-state index is 11.9. The predicted molar refractivity (Wildman–Crippen MR) is 86.7 cm³/mol. The SMILES string of the molecule is CCOc1c(Cl)cc(CNC(=O)CC2CCCN2)cc1OC. The van der Waals surface area contributed by atoms with Crippen molar-refractivity contribution in [3.63, 3.8) is 0 Å². The summed E-state index contributed by atoms with van der Waals surface area (Å²) in [4.78, 5) is 11.9. The van der Waals surface area contributed by atoms with E-state index in [1.807, 2.05) is 13.0 Å². The lowest BCUT2D eigenvalue weighted by Gasteiger charge is -2.14. The van der Waals surface area contributed by atoms with Crippen LogP contribution in [0.4, 0.5) is 0 Å². The van der Waals surface area contributed by atoms with Crippen molar-refractivity contribution in [3.05, 3.63) is 22.7 Å². The number of halogens is 1. The van der Waals surface area contributed by atoms with Gasteiger partial charge in [-0.25, -0.2) is 0 Å². The molecule has 1 heterocycles. The van der Waals surface area contributed by atoms with E-state index in [9.17, 15) is 4.79 Å². The molecule has 1 atom stereocenters. The van der Waals surface area contributed by atoms with Crippen molar-refractivity contribution in [2.75, 3.05) is 20.3 Å². The van der Waals surface area contributed by atoms with Crippen LogP contribution in [-0.2, 0) is 11.3 Å². The molecule has 6 heteroatoms. The van der Waals surface area contributed by atoms with Crippen LogP contribution in [0.1, 0.15) is 31.7 Å². The van der Waals surface area contributed by atoms with Crippen LogP contribution in [0.25, 0.3) is 0 Å². The minimum atomic E-state index is 0.0448. The minimum absolute atomic E-state index is 0.0448. The van der Waals surface area contributed by atoms with E-state index in [1.54, 1.807) is 13.2 Å². The Morgan fingerprint density at radius 3 is 2.95 bits per heavy atom. The highest BCUT2D eigenvalue weighted by atomic mass is 35.5. The summed E-state index contributed by atoms with van der Waals surface area (Å²) in [5.41, 5.74) is 0.887. The van der Waals surface area contributed by atoms with Crippen molar-refractivity contribution in [2.45, 2.75) is 38.8 Å². The first kappa shape index (κ1) is 16.9. The van der Waals surface area contributed by atoms with Gasteiger partial charge < -0.3 is 20.1 Å². The van der Waals surface area contributed by atoms with Gasteiger partial charge in [0.1, 0.15) is 0 Å².